The van der Waals surface area contributed by atoms with Crippen LogP contribution in [-0.2, 0) is 9.59 Å². The zero-order valence-electron chi connectivity index (χ0n) is 16.1. The number of ether oxygens (including phenoxy) is 1. The number of carbonyl (C=O) groups is 2. The standard InChI is InChI=1S/C20H21N3O5/c1-12-9-10-17(16(11-12)23(26)27)28-13(2)18(24)22-15-8-6-5-7-14(15)21-19(25)20(22,3)4/h5-11,13H,1-4H3,(H,21,25)/t13-/m0/s1. The summed E-state index contributed by atoms with van der Waals surface area (Å²) in [5.74, 6) is -0.792. The maximum absolute atomic E-state index is 13.2. The lowest BCUT2D eigenvalue weighted by molar-refractivity contribution is -0.386. The first kappa shape index (κ1) is 19.3. The minimum Gasteiger partial charge on any atom is -0.474 e. The van der Waals surface area contributed by atoms with E-state index in [9.17, 15) is 19.7 Å². The maximum Gasteiger partial charge on any atom is 0.311 e. The third kappa shape index (κ3) is 3.28. The molecule has 0 saturated carbocycles. The number of aryl methyl sites for hydroxylation is 1. The number of nitrogens with zero attached hydrogens (tertiary/aromatic N) is 2. The summed E-state index contributed by atoms with van der Waals surface area (Å²) < 4.78 is 5.66. The summed E-state index contributed by atoms with van der Waals surface area (Å²) in [5.41, 5.74) is 0.415. The van der Waals surface area contributed by atoms with Crippen LogP contribution in [0.4, 0.5) is 17.1 Å². The van der Waals surface area contributed by atoms with E-state index < -0.39 is 22.5 Å². The molecule has 3 rings (SSSR count). The van der Waals surface area contributed by atoms with E-state index in [1.807, 2.05) is 0 Å². The molecule has 0 fully saturated rings. The Bertz CT molecular complexity index is 970. The van der Waals surface area contributed by atoms with Gasteiger partial charge < -0.3 is 10.1 Å². The number of carbonyl (C=O) groups excluding carboxylic acids is 2. The van der Waals surface area contributed by atoms with Gasteiger partial charge in [-0.25, -0.2) is 0 Å². The molecule has 1 atom stereocenters. The van der Waals surface area contributed by atoms with Crippen LogP contribution in [0.5, 0.6) is 5.75 Å². The number of hydrogen-bond donors (Lipinski definition) is 1. The van der Waals surface area contributed by atoms with Gasteiger partial charge in [0.05, 0.1) is 16.3 Å². The van der Waals surface area contributed by atoms with Gasteiger partial charge in [-0.05, 0) is 51.5 Å². The quantitative estimate of drug-likeness (QED) is 0.644. The van der Waals surface area contributed by atoms with Crippen molar-refractivity contribution in [2.45, 2.75) is 39.3 Å². The first-order valence-corrected chi connectivity index (χ1v) is 8.79. The number of benzene rings is 2. The van der Waals surface area contributed by atoms with Gasteiger partial charge in [0.15, 0.2) is 11.9 Å². The third-order valence-corrected chi connectivity index (χ3v) is 4.69. The van der Waals surface area contributed by atoms with Gasteiger partial charge in [0, 0.05) is 6.07 Å². The Morgan fingerprint density at radius 2 is 1.93 bits per heavy atom. The Morgan fingerprint density at radius 1 is 1.25 bits per heavy atom. The van der Waals surface area contributed by atoms with E-state index >= 15 is 0 Å². The van der Waals surface area contributed by atoms with Crippen molar-refractivity contribution < 1.29 is 19.2 Å². The van der Waals surface area contributed by atoms with Crippen molar-refractivity contribution in [1.82, 2.24) is 0 Å². The molecule has 8 nitrogen and oxygen atoms in total. The second kappa shape index (κ2) is 6.95. The normalized spacial score (nSPS) is 16.0. The Kier molecular flexibility index (Phi) is 4.80. The average Bonchev–Trinajstić information content (AvgIpc) is 2.63. The molecule has 0 aromatic heterocycles. The van der Waals surface area contributed by atoms with Crippen LogP contribution in [0.25, 0.3) is 0 Å². The van der Waals surface area contributed by atoms with Crippen molar-refractivity contribution in [2.75, 3.05) is 10.2 Å². The van der Waals surface area contributed by atoms with Gasteiger partial charge in [0.25, 0.3) is 5.91 Å². The van der Waals surface area contributed by atoms with Crippen LogP contribution < -0.4 is 15.0 Å². The highest BCUT2D eigenvalue weighted by molar-refractivity contribution is 6.14. The topological polar surface area (TPSA) is 102 Å². The zero-order chi connectivity index (χ0) is 20.6. The fraction of sp³-hybridized carbons (Fsp3) is 0.300. The predicted octanol–water partition coefficient (Wildman–Crippen LogP) is 3.43. The molecular weight excluding hydrogens is 362 g/mol. The van der Waals surface area contributed by atoms with Crippen molar-refractivity contribution in [3.05, 3.63) is 58.1 Å². The molecule has 0 spiro atoms. The monoisotopic (exact) mass is 383 g/mol. The first-order chi connectivity index (χ1) is 13.1. The molecule has 2 aromatic rings. The van der Waals surface area contributed by atoms with Crippen LogP contribution in [0.3, 0.4) is 0 Å². The van der Waals surface area contributed by atoms with E-state index in [0.717, 1.165) is 0 Å². The molecular formula is C20H21N3O5. The fourth-order valence-electron chi connectivity index (χ4n) is 3.14. The number of nitro groups is 1. The van der Waals surface area contributed by atoms with Gasteiger partial charge in [-0.1, -0.05) is 18.2 Å². The van der Waals surface area contributed by atoms with Gasteiger partial charge in [0.1, 0.15) is 5.54 Å². The number of fused-ring (bicyclic) bond motifs is 1. The zero-order valence-corrected chi connectivity index (χ0v) is 16.1. The van der Waals surface area contributed by atoms with E-state index in [1.54, 1.807) is 51.1 Å². The van der Waals surface area contributed by atoms with E-state index in [0.29, 0.717) is 16.9 Å². The van der Waals surface area contributed by atoms with Crippen molar-refractivity contribution in [2.24, 2.45) is 0 Å². The molecule has 1 N–H and O–H groups in total. The van der Waals surface area contributed by atoms with Crippen LogP contribution in [0.2, 0.25) is 0 Å². The molecule has 0 saturated heterocycles. The summed E-state index contributed by atoms with van der Waals surface area (Å²) in [6, 6.07) is 11.5. The van der Waals surface area contributed by atoms with Crippen LogP contribution in [0, 0.1) is 17.0 Å². The Labute approximate surface area is 162 Å². The van der Waals surface area contributed by atoms with Gasteiger partial charge in [-0.3, -0.25) is 24.6 Å². The Hall–Kier alpha value is -3.42. The molecule has 28 heavy (non-hydrogen) atoms. The summed E-state index contributed by atoms with van der Waals surface area (Å²) in [6.07, 6.45) is -1.04. The number of amides is 2. The summed E-state index contributed by atoms with van der Waals surface area (Å²) in [5, 5.41) is 14.1. The predicted molar refractivity (Wildman–Crippen MR) is 105 cm³/mol. The van der Waals surface area contributed by atoms with E-state index in [1.165, 1.54) is 24.0 Å². The second-order valence-electron chi connectivity index (χ2n) is 7.19. The molecule has 0 bridgehead atoms. The maximum atomic E-state index is 13.2. The molecule has 8 heteroatoms. The smallest absolute Gasteiger partial charge is 0.311 e. The molecule has 1 aliphatic heterocycles. The SMILES string of the molecule is Cc1ccc(O[C@@H](C)C(=O)N2c3ccccc3NC(=O)C2(C)C)c([N+](=O)[O-])c1. The number of nitro benzene ring substituents is 1. The number of para-hydroxylation sites is 2. The average molecular weight is 383 g/mol. The summed E-state index contributed by atoms with van der Waals surface area (Å²) in [4.78, 5) is 37.9. The molecule has 2 amide bonds. The van der Waals surface area contributed by atoms with E-state index in [4.69, 9.17) is 4.74 Å². The highest BCUT2D eigenvalue weighted by Crippen LogP contribution is 2.37. The van der Waals surface area contributed by atoms with E-state index in [-0.39, 0.29) is 17.3 Å². The van der Waals surface area contributed by atoms with Crippen LogP contribution in [0.1, 0.15) is 26.3 Å². The number of rotatable bonds is 4. The van der Waals surface area contributed by atoms with Gasteiger partial charge in [-0.2, -0.15) is 0 Å². The van der Waals surface area contributed by atoms with Gasteiger partial charge in [0.2, 0.25) is 5.91 Å². The molecule has 0 unspecified atom stereocenters. The van der Waals surface area contributed by atoms with Crippen molar-refractivity contribution >= 4 is 28.9 Å². The molecule has 2 aromatic carbocycles. The van der Waals surface area contributed by atoms with Gasteiger partial charge in [-0.15, -0.1) is 0 Å². The Balaban J connectivity index is 1.95. The van der Waals surface area contributed by atoms with Crippen molar-refractivity contribution in [1.29, 1.82) is 0 Å². The highest BCUT2D eigenvalue weighted by Gasteiger charge is 2.45. The minimum absolute atomic E-state index is 0.00371. The molecule has 1 heterocycles. The summed E-state index contributed by atoms with van der Waals surface area (Å²) in [7, 11) is 0. The first-order valence-electron chi connectivity index (χ1n) is 8.79. The number of nitrogens with one attached hydrogen (secondary N) is 1. The van der Waals surface area contributed by atoms with Crippen LogP contribution >= 0.6 is 0 Å². The molecule has 0 radical (unpaired) electrons. The summed E-state index contributed by atoms with van der Waals surface area (Å²) >= 11 is 0. The molecule has 0 aliphatic carbocycles. The minimum atomic E-state index is -1.15. The molecule has 1 aliphatic rings. The molecule has 146 valence electrons. The lowest BCUT2D eigenvalue weighted by Gasteiger charge is -2.42. The fourth-order valence-corrected chi connectivity index (χ4v) is 3.14. The summed E-state index contributed by atoms with van der Waals surface area (Å²) in [6.45, 7) is 6.52. The Morgan fingerprint density at radius 3 is 2.61 bits per heavy atom. The van der Waals surface area contributed by atoms with Crippen LogP contribution in [-0.4, -0.2) is 28.4 Å². The number of anilines is 2. The van der Waals surface area contributed by atoms with E-state index in [2.05, 4.69) is 5.32 Å². The second-order valence-corrected chi connectivity index (χ2v) is 7.19. The lowest BCUT2D eigenvalue weighted by Crippen LogP contribution is -2.60. The third-order valence-electron chi connectivity index (χ3n) is 4.69. The van der Waals surface area contributed by atoms with Crippen LogP contribution in [0.15, 0.2) is 42.5 Å². The number of hydrogen-bond acceptors (Lipinski definition) is 5. The highest BCUT2D eigenvalue weighted by atomic mass is 16.6. The van der Waals surface area contributed by atoms with Crippen molar-refractivity contribution in [3.8, 4) is 5.75 Å². The largest absolute Gasteiger partial charge is 0.474 e. The lowest BCUT2D eigenvalue weighted by atomic mass is 9.95. The van der Waals surface area contributed by atoms with Crippen molar-refractivity contribution in [3.63, 3.8) is 0 Å². The van der Waals surface area contributed by atoms with Gasteiger partial charge >= 0.3 is 5.69 Å².